The van der Waals surface area contributed by atoms with Crippen molar-refractivity contribution in [3.63, 3.8) is 0 Å². The van der Waals surface area contributed by atoms with Crippen molar-refractivity contribution >= 4 is 5.97 Å². The molecule has 2 heterocycles. The number of aromatic nitrogens is 4. The first kappa shape index (κ1) is 28.2. The highest BCUT2D eigenvalue weighted by Crippen LogP contribution is 2.20. The molecule has 0 aliphatic carbocycles. The van der Waals surface area contributed by atoms with E-state index in [4.69, 9.17) is 15.6 Å². The Morgan fingerprint density at radius 1 is 1.08 bits per heavy atom. The van der Waals surface area contributed by atoms with Gasteiger partial charge in [0.15, 0.2) is 0 Å². The monoisotopic (exact) mass is 515 g/mol. The predicted molar refractivity (Wildman–Crippen MR) is 119 cm³/mol. The lowest BCUT2D eigenvalue weighted by molar-refractivity contribution is -0.192. The zero-order valence-electron chi connectivity index (χ0n) is 18.9. The zero-order valence-corrected chi connectivity index (χ0v) is 18.9. The summed E-state index contributed by atoms with van der Waals surface area (Å²) in [5.41, 5.74) is 7.02. The molecule has 0 unspecified atom stereocenters. The van der Waals surface area contributed by atoms with E-state index in [1.165, 1.54) is 17.0 Å². The molecular weight excluding hydrogens is 493 g/mol. The van der Waals surface area contributed by atoms with Crippen molar-refractivity contribution in [2.24, 2.45) is 5.73 Å². The Morgan fingerprint density at radius 2 is 1.75 bits per heavy atom. The number of carboxylic acid groups (broad SMARTS) is 1. The number of carbonyl (C=O) groups is 1. The van der Waals surface area contributed by atoms with Crippen LogP contribution in [0.3, 0.4) is 0 Å². The van der Waals surface area contributed by atoms with E-state index in [0.717, 1.165) is 21.4 Å². The van der Waals surface area contributed by atoms with Gasteiger partial charge in [0.2, 0.25) is 0 Å². The summed E-state index contributed by atoms with van der Waals surface area (Å²) < 4.78 is 61.2. The highest BCUT2D eigenvalue weighted by atomic mass is 19.4. The average molecular weight is 515 g/mol. The second-order valence-corrected chi connectivity index (χ2v) is 7.31. The summed E-state index contributed by atoms with van der Waals surface area (Å²) in [6.45, 7) is 2.01. The number of carboxylic acids is 1. The molecule has 3 rings (SSSR count). The molecule has 9 nitrogen and oxygen atoms in total. The Labute approximate surface area is 200 Å². The normalized spacial score (nSPS) is 11.0. The number of nitrogens with zero attached hydrogens (tertiary/aromatic N) is 4. The van der Waals surface area contributed by atoms with Crippen LogP contribution in [-0.4, -0.2) is 42.7 Å². The molecule has 0 fully saturated rings. The minimum absolute atomic E-state index is 0.0676. The van der Waals surface area contributed by atoms with Gasteiger partial charge in [-0.2, -0.15) is 27.1 Å². The molecule has 0 radical (unpaired) electrons. The summed E-state index contributed by atoms with van der Waals surface area (Å²) in [7, 11) is 0. The zero-order chi connectivity index (χ0) is 27.0. The first-order valence-electron chi connectivity index (χ1n) is 10.3. The Bertz CT molecular complexity index is 1350. The van der Waals surface area contributed by atoms with Crippen LogP contribution in [-0.2, 0) is 24.4 Å². The standard InChI is InChI=1S/C20H21F2N5O2.C2HF3O2/c1-2-25-11-16(6-7-18(25)28)15-5-3-4-14(8-15)10-26-13-24-27(20(26)29)12-17(9-23)19(21)22;3-2(4,5)1(6)7/h3-8,11,13H,2,9-10,12,23H2,1H3;(H,6,7). The minimum Gasteiger partial charge on any atom is -0.475 e. The summed E-state index contributed by atoms with van der Waals surface area (Å²) in [5.74, 6) is -2.76. The Hall–Kier alpha value is -4.07. The van der Waals surface area contributed by atoms with Crippen molar-refractivity contribution in [2.75, 3.05) is 6.54 Å². The number of benzene rings is 1. The van der Waals surface area contributed by atoms with E-state index < -0.39 is 23.9 Å². The van der Waals surface area contributed by atoms with Crippen molar-refractivity contribution in [1.29, 1.82) is 0 Å². The predicted octanol–water partition coefficient (Wildman–Crippen LogP) is 2.68. The van der Waals surface area contributed by atoms with Gasteiger partial charge in [0.25, 0.3) is 11.6 Å². The molecule has 0 bridgehead atoms. The largest absolute Gasteiger partial charge is 0.490 e. The van der Waals surface area contributed by atoms with Crippen molar-refractivity contribution < 1.29 is 31.9 Å². The molecule has 0 atom stereocenters. The number of aliphatic carboxylic acids is 1. The van der Waals surface area contributed by atoms with Gasteiger partial charge < -0.3 is 15.4 Å². The molecule has 36 heavy (non-hydrogen) atoms. The van der Waals surface area contributed by atoms with Gasteiger partial charge in [-0.3, -0.25) is 9.36 Å². The number of hydrogen-bond donors (Lipinski definition) is 2. The molecular formula is C22H22F5N5O4. The van der Waals surface area contributed by atoms with Crippen LogP contribution in [0.1, 0.15) is 12.5 Å². The quantitative estimate of drug-likeness (QED) is 0.466. The number of pyridine rings is 1. The maximum atomic E-state index is 12.8. The number of aryl methyl sites for hydroxylation is 1. The first-order chi connectivity index (χ1) is 16.9. The number of halogens is 5. The van der Waals surface area contributed by atoms with Crippen LogP contribution in [0.15, 0.2) is 70.2 Å². The molecule has 0 amide bonds. The topological polar surface area (TPSA) is 125 Å². The van der Waals surface area contributed by atoms with E-state index >= 15 is 0 Å². The number of rotatable bonds is 7. The number of alkyl halides is 3. The molecule has 1 aromatic carbocycles. The number of nitrogens with two attached hydrogens (primary N) is 1. The fourth-order valence-corrected chi connectivity index (χ4v) is 2.97. The maximum absolute atomic E-state index is 12.8. The summed E-state index contributed by atoms with van der Waals surface area (Å²) in [6.07, 6.45) is -3.87. The molecule has 0 aliphatic rings. The SMILES string of the molecule is CCn1cc(-c2cccc(Cn3cnn(CC(CN)=C(F)F)c3=O)c2)ccc1=O.O=C(O)C(F)(F)F. The van der Waals surface area contributed by atoms with E-state index in [1.807, 2.05) is 31.2 Å². The van der Waals surface area contributed by atoms with Crippen molar-refractivity contribution in [2.45, 2.75) is 32.7 Å². The van der Waals surface area contributed by atoms with E-state index in [2.05, 4.69) is 5.10 Å². The van der Waals surface area contributed by atoms with Gasteiger partial charge in [-0.1, -0.05) is 18.2 Å². The van der Waals surface area contributed by atoms with E-state index in [1.54, 1.807) is 16.8 Å². The van der Waals surface area contributed by atoms with E-state index in [9.17, 15) is 31.5 Å². The Morgan fingerprint density at radius 3 is 2.31 bits per heavy atom. The molecule has 14 heteroatoms. The van der Waals surface area contributed by atoms with Crippen LogP contribution in [0, 0.1) is 0 Å². The van der Waals surface area contributed by atoms with Gasteiger partial charge in [-0.15, -0.1) is 0 Å². The molecule has 2 aromatic heterocycles. The molecule has 194 valence electrons. The second kappa shape index (κ2) is 12.1. The van der Waals surface area contributed by atoms with Gasteiger partial charge >= 0.3 is 17.8 Å². The molecule has 0 saturated carbocycles. The van der Waals surface area contributed by atoms with Gasteiger partial charge in [-0.25, -0.2) is 14.3 Å². The summed E-state index contributed by atoms with van der Waals surface area (Å²) in [6, 6.07) is 10.8. The number of hydrogen-bond acceptors (Lipinski definition) is 5. The van der Waals surface area contributed by atoms with Crippen LogP contribution in [0.25, 0.3) is 11.1 Å². The third kappa shape index (κ3) is 7.46. The van der Waals surface area contributed by atoms with Gasteiger partial charge in [0.1, 0.15) is 6.33 Å². The summed E-state index contributed by atoms with van der Waals surface area (Å²) in [4.78, 5) is 33.1. The van der Waals surface area contributed by atoms with Gasteiger partial charge in [0.05, 0.1) is 13.1 Å². The average Bonchev–Trinajstić information content (AvgIpc) is 3.16. The fraction of sp³-hybridized carbons (Fsp3) is 0.273. The summed E-state index contributed by atoms with van der Waals surface area (Å²) >= 11 is 0. The van der Waals surface area contributed by atoms with Crippen molar-refractivity contribution in [3.8, 4) is 11.1 Å². The molecule has 0 spiro atoms. The Balaban J connectivity index is 0.000000572. The van der Waals surface area contributed by atoms with Crippen LogP contribution >= 0.6 is 0 Å². The first-order valence-corrected chi connectivity index (χ1v) is 10.3. The molecule has 0 saturated heterocycles. The highest BCUT2D eigenvalue weighted by molar-refractivity contribution is 5.73. The minimum atomic E-state index is -5.08. The smallest absolute Gasteiger partial charge is 0.475 e. The molecule has 3 aromatic rings. The third-order valence-corrected chi connectivity index (χ3v) is 4.83. The van der Waals surface area contributed by atoms with Gasteiger partial charge in [0, 0.05) is 30.9 Å². The van der Waals surface area contributed by atoms with Crippen LogP contribution in [0.5, 0.6) is 0 Å². The van der Waals surface area contributed by atoms with Crippen LogP contribution < -0.4 is 17.0 Å². The van der Waals surface area contributed by atoms with Crippen molar-refractivity contribution in [3.05, 3.63) is 87.0 Å². The van der Waals surface area contributed by atoms with Crippen molar-refractivity contribution in [1.82, 2.24) is 18.9 Å². The fourth-order valence-electron chi connectivity index (χ4n) is 2.97. The van der Waals surface area contributed by atoms with Crippen LogP contribution in [0.4, 0.5) is 22.0 Å². The van der Waals surface area contributed by atoms with Crippen LogP contribution in [0.2, 0.25) is 0 Å². The lowest BCUT2D eigenvalue weighted by Gasteiger charge is -2.08. The van der Waals surface area contributed by atoms with E-state index in [-0.39, 0.29) is 30.8 Å². The summed E-state index contributed by atoms with van der Waals surface area (Å²) in [5, 5.41) is 11.0. The maximum Gasteiger partial charge on any atom is 0.490 e. The highest BCUT2D eigenvalue weighted by Gasteiger charge is 2.38. The second-order valence-electron chi connectivity index (χ2n) is 7.31. The Kier molecular flexibility index (Phi) is 9.44. The van der Waals surface area contributed by atoms with E-state index in [0.29, 0.717) is 6.54 Å². The lowest BCUT2D eigenvalue weighted by Crippen LogP contribution is -2.27. The lowest BCUT2D eigenvalue weighted by atomic mass is 10.0. The van der Waals surface area contributed by atoms with Gasteiger partial charge in [-0.05, 0) is 35.7 Å². The third-order valence-electron chi connectivity index (χ3n) is 4.83. The molecule has 3 N–H and O–H groups in total. The molecule has 0 aliphatic heterocycles.